The number of hydrogen-bond acceptors (Lipinski definition) is 3. The third kappa shape index (κ3) is 3.03. The molecule has 1 unspecified atom stereocenters. The van der Waals surface area contributed by atoms with Crippen molar-refractivity contribution in [1.29, 1.82) is 0 Å². The molecule has 0 bridgehead atoms. The molecule has 0 radical (unpaired) electrons. The van der Waals surface area contributed by atoms with Gasteiger partial charge in [-0.3, -0.25) is 0 Å². The minimum Gasteiger partial charge on any atom is -0.359 e. The highest BCUT2D eigenvalue weighted by Gasteiger charge is 2.02. The Balaban J connectivity index is 2.58. The van der Waals surface area contributed by atoms with Gasteiger partial charge < -0.3 is 10.1 Å². The number of anilines is 1. The van der Waals surface area contributed by atoms with Gasteiger partial charge in [-0.15, -0.1) is 0 Å². The Bertz CT molecular complexity index is 263. The molecule has 0 aliphatic carbocycles. The van der Waals surface area contributed by atoms with Gasteiger partial charge in [0, 0.05) is 12.8 Å². The third-order valence-electron chi connectivity index (χ3n) is 1.77. The lowest BCUT2D eigenvalue weighted by Gasteiger charge is -2.15. The minimum atomic E-state index is 0.0126. The van der Waals surface area contributed by atoms with Crippen molar-refractivity contribution in [3.8, 4) is 0 Å². The fraction of sp³-hybridized carbons (Fsp3) is 0.500. The van der Waals surface area contributed by atoms with Crippen molar-refractivity contribution < 1.29 is 4.74 Å². The molecule has 1 aromatic heterocycles. The van der Waals surface area contributed by atoms with Crippen molar-refractivity contribution in [1.82, 2.24) is 4.98 Å². The Labute approximate surface area is 79.1 Å². The molecule has 0 aliphatic heterocycles. The highest BCUT2D eigenvalue weighted by Crippen LogP contribution is 2.10. The first-order chi connectivity index (χ1) is 6.24. The minimum absolute atomic E-state index is 0.0126. The lowest BCUT2D eigenvalue weighted by molar-refractivity contribution is 0.0958. The molecule has 0 fully saturated rings. The second-order valence-corrected chi connectivity index (χ2v) is 2.91. The van der Waals surface area contributed by atoms with Crippen LogP contribution < -0.4 is 5.32 Å². The monoisotopic (exact) mass is 180 g/mol. The molecule has 1 N–H and O–H groups in total. The van der Waals surface area contributed by atoms with Crippen LogP contribution >= 0.6 is 0 Å². The molecular weight excluding hydrogens is 164 g/mol. The summed E-state index contributed by atoms with van der Waals surface area (Å²) in [5.41, 5.74) is 1.13. The first kappa shape index (κ1) is 9.99. The van der Waals surface area contributed by atoms with Crippen LogP contribution in [-0.2, 0) is 4.74 Å². The Morgan fingerprint density at radius 1 is 1.62 bits per heavy atom. The quantitative estimate of drug-likeness (QED) is 0.721. The van der Waals surface area contributed by atoms with Crippen molar-refractivity contribution in [3.05, 3.63) is 23.9 Å². The molecule has 0 amide bonds. The van der Waals surface area contributed by atoms with Crippen molar-refractivity contribution >= 4 is 5.82 Å². The van der Waals surface area contributed by atoms with E-state index in [4.69, 9.17) is 4.74 Å². The van der Waals surface area contributed by atoms with E-state index in [1.807, 2.05) is 32.9 Å². The van der Waals surface area contributed by atoms with Crippen molar-refractivity contribution in [2.24, 2.45) is 0 Å². The molecule has 0 spiro atoms. The lowest BCUT2D eigenvalue weighted by Crippen LogP contribution is -2.20. The van der Waals surface area contributed by atoms with Gasteiger partial charge in [0.2, 0.25) is 0 Å². The highest BCUT2D eigenvalue weighted by molar-refractivity contribution is 5.42. The Kier molecular flexibility index (Phi) is 3.71. The molecule has 72 valence electrons. The number of ether oxygens (including phenoxy) is 1. The van der Waals surface area contributed by atoms with Crippen molar-refractivity contribution in [2.75, 3.05) is 11.9 Å². The molecule has 0 saturated carbocycles. The van der Waals surface area contributed by atoms with Gasteiger partial charge in [-0.05, 0) is 32.4 Å². The second kappa shape index (κ2) is 4.82. The van der Waals surface area contributed by atoms with Crippen LogP contribution in [0.1, 0.15) is 19.4 Å². The van der Waals surface area contributed by atoms with E-state index in [0.717, 1.165) is 11.4 Å². The number of aromatic nitrogens is 1. The van der Waals surface area contributed by atoms with Gasteiger partial charge in [0.1, 0.15) is 12.0 Å². The van der Waals surface area contributed by atoms with Crippen LogP contribution in [-0.4, -0.2) is 17.8 Å². The summed E-state index contributed by atoms with van der Waals surface area (Å²) >= 11 is 0. The Morgan fingerprint density at radius 2 is 2.38 bits per heavy atom. The van der Waals surface area contributed by atoms with E-state index in [9.17, 15) is 0 Å². The zero-order valence-corrected chi connectivity index (χ0v) is 8.37. The first-order valence-electron chi connectivity index (χ1n) is 4.53. The molecule has 13 heavy (non-hydrogen) atoms. The molecule has 1 aromatic rings. The number of nitrogens with zero attached hydrogens (tertiary/aromatic N) is 1. The molecule has 1 heterocycles. The lowest BCUT2D eigenvalue weighted by atomic mass is 10.3. The number of aryl methyl sites for hydroxylation is 1. The van der Waals surface area contributed by atoms with E-state index >= 15 is 0 Å². The maximum absolute atomic E-state index is 5.35. The van der Waals surface area contributed by atoms with Crippen LogP contribution in [0.2, 0.25) is 0 Å². The van der Waals surface area contributed by atoms with Crippen LogP contribution in [0.3, 0.4) is 0 Å². The van der Waals surface area contributed by atoms with Crippen molar-refractivity contribution in [2.45, 2.75) is 27.0 Å². The maximum atomic E-state index is 5.35. The van der Waals surface area contributed by atoms with Gasteiger partial charge in [0.05, 0.1) is 0 Å². The fourth-order valence-electron chi connectivity index (χ4n) is 1.12. The smallest absolute Gasteiger partial charge is 0.130 e. The van der Waals surface area contributed by atoms with Crippen LogP contribution in [0, 0.1) is 6.92 Å². The van der Waals surface area contributed by atoms with Gasteiger partial charge in [-0.1, -0.05) is 6.07 Å². The zero-order chi connectivity index (χ0) is 9.68. The molecule has 0 aromatic carbocycles. The first-order valence-corrected chi connectivity index (χ1v) is 4.53. The van der Waals surface area contributed by atoms with E-state index in [1.54, 1.807) is 6.20 Å². The normalized spacial score (nSPS) is 12.5. The van der Waals surface area contributed by atoms with E-state index < -0.39 is 0 Å². The van der Waals surface area contributed by atoms with Gasteiger partial charge in [0.25, 0.3) is 0 Å². The summed E-state index contributed by atoms with van der Waals surface area (Å²) in [5.74, 6) is 0.892. The van der Waals surface area contributed by atoms with E-state index in [-0.39, 0.29) is 6.23 Å². The van der Waals surface area contributed by atoms with E-state index in [0.29, 0.717) is 6.61 Å². The van der Waals surface area contributed by atoms with Crippen LogP contribution in [0.25, 0.3) is 0 Å². The number of hydrogen-bond donors (Lipinski definition) is 1. The van der Waals surface area contributed by atoms with Gasteiger partial charge >= 0.3 is 0 Å². The van der Waals surface area contributed by atoms with Crippen LogP contribution in [0.5, 0.6) is 0 Å². The largest absolute Gasteiger partial charge is 0.359 e. The van der Waals surface area contributed by atoms with E-state index in [2.05, 4.69) is 10.3 Å². The summed E-state index contributed by atoms with van der Waals surface area (Å²) in [5, 5.41) is 3.18. The second-order valence-electron chi connectivity index (χ2n) is 2.91. The maximum Gasteiger partial charge on any atom is 0.130 e. The summed E-state index contributed by atoms with van der Waals surface area (Å²) in [6, 6.07) is 3.94. The molecular formula is C10H16N2O. The molecule has 1 rings (SSSR count). The molecule has 0 aliphatic rings. The average molecular weight is 180 g/mol. The highest BCUT2D eigenvalue weighted by atomic mass is 16.5. The van der Waals surface area contributed by atoms with Crippen LogP contribution in [0.15, 0.2) is 18.3 Å². The van der Waals surface area contributed by atoms with E-state index in [1.165, 1.54) is 0 Å². The number of rotatable bonds is 4. The topological polar surface area (TPSA) is 34.1 Å². The summed E-state index contributed by atoms with van der Waals surface area (Å²) in [6.07, 6.45) is 1.78. The predicted octanol–water partition coefficient (Wildman–Crippen LogP) is 2.18. The van der Waals surface area contributed by atoms with Gasteiger partial charge in [-0.2, -0.15) is 0 Å². The summed E-state index contributed by atoms with van der Waals surface area (Å²) in [4.78, 5) is 4.21. The summed E-state index contributed by atoms with van der Waals surface area (Å²) in [7, 11) is 0. The summed E-state index contributed by atoms with van der Waals surface area (Å²) in [6.45, 7) is 6.68. The standard InChI is InChI=1S/C10H16N2O/c1-4-13-9(3)12-10-8(2)6-5-7-11-10/h5-7,9H,4H2,1-3H3,(H,11,12). The van der Waals surface area contributed by atoms with Gasteiger partial charge in [0.15, 0.2) is 0 Å². The summed E-state index contributed by atoms with van der Waals surface area (Å²) < 4.78 is 5.35. The average Bonchev–Trinajstić information content (AvgIpc) is 2.09. The van der Waals surface area contributed by atoms with Crippen molar-refractivity contribution in [3.63, 3.8) is 0 Å². The Hall–Kier alpha value is -1.09. The third-order valence-corrected chi connectivity index (χ3v) is 1.77. The Morgan fingerprint density at radius 3 is 3.00 bits per heavy atom. The van der Waals surface area contributed by atoms with Crippen LogP contribution in [0.4, 0.5) is 5.82 Å². The fourth-order valence-corrected chi connectivity index (χ4v) is 1.12. The zero-order valence-electron chi connectivity index (χ0n) is 8.37. The number of pyridine rings is 1. The molecule has 3 nitrogen and oxygen atoms in total. The predicted molar refractivity (Wildman–Crippen MR) is 53.7 cm³/mol. The molecule has 1 atom stereocenters. The van der Waals surface area contributed by atoms with Gasteiger partial charge in [-0.25, -0.2) is 4.98 Å². The SMILES string of the molecule is CCOC(C)Nc1ncccc1C. The number of nitrogens with one attached hydrogen (secondary N) is 1. The molecule has 0 saturated heterocycles. The molecule has 3 heteroatoms.